The normalized spacial score (nSPS) is 21.5. The molecular formula is C12H15BrO2. The fourth-order valence-electron chi connectivity index (χ4n) is 1.66. The second kappa shape index (κ2) is 5.64. The Balaban J connectivity index is 1.81. The predicted octanol–water partition coefficient (Wildman–Crippen LogP) is 3.49. The Morgan fingerprint density at radius 1 is 1.40 bits per heavy atom. The van der Waals surface area contributed by atoms with E-state index in [0.717, 1.165) is 23.9 Å². The van der Waals surface area contributed by atoms with Gasteiger partial charge in [0.1, 0.15) is 0 Å². The van der Waals surface area contributed by atoms with Gasteiger partial charge < -0.3 is 9.47 Å². The monoisotopic (exact) mass is 270 g/mol. The van der Waals surface area contributed by atoms with Crippen molar-refractivity contribution in [3.05, 3.63) is 34.3 Å². The molecule has 0 radical (unpaired) electrons. The zero-order chi connectivity index (χ0) is 10.5. The minimum atomic E-state index is -0.00210. The SMILES string of the molecule is Brc1cccc(COC2CCCCO2)c1. The minimum absolute atomic E-state index is 0.00210. The van der Waals surface area contributed by atoms with Crippen LogP contribution in [0.3, 0.4) is 0 Å². The summed E-state index contributed by atoms with van der Waals surface area (Å²) in [7, 11) is 0. The number of halogens is 1. The summed E-state index contributed by atoms with van der Waals surface area (Å²) in [6.07, 6.45) is 3.39. The molecule has 1 saturated heterocycles. The summed E-state index contributed by atoms with van der Waals surface area (Å²) in [5.41, 5.74) is 1.18. The van der Waals surface area contributed by atoms with Crippen LogP contribution in [0.25, 0.3) is 0 Å². The molecule has 1 unspecified atom stereocenters. The quantitative estimate of drug-likeness (QED) is 0.837. The molecule has 15 heavy (non-hydrogen) atoms. The Hall–Kier alpha value is -0.380. The highest BCUT2D eigenvalue weighted by atomic mass is 79.9. The van der Waals surface area contributed by atoms with E-state index in [-0.39, 0.29) is 6.29 Å². The molecule has 1 aromatic carbocycles. The molecule has 1 aliphatic heterocycles. The van der Waals surface area contributed by atoms with Gasteiger partial charge in [-0.2, -0.15) is 0 Å². The van der Waals surface area contributed by atoms with Crippen LogP contribution in [0.2, 0.25) is 0 Å². The molecule has 1 fully saturated rings. The lowest BCUT2D eigenvalue weighted by Gasteiger charge is -2.22. The number of rotatable bonds is 3. The second-order valence-corrected chi connectivity index (χ2v) is 4.65. The molecule has 1 atom stereocenters. The van der Waals surface area contributed by atoms with Crippen molar-refractivity contribution < 1.29 is 9.47 Å². The van der Waals surface area contributed by atoms with Crippen LogP contribution in [0.5, 0.6) is 0 Å². The Morgan fingerprint density at radius 2 is 2.33 bits per heavy atom. The van der Waals surface area contributed by atoms with Gasteiger partial charge in [0.25, 0.3) is 0 Å². The van der Waals surface area contributed by atoms with Crippen LogP contribution in [0.15, 0.2) is 28.7 Å². The van der Waals surface area contributed by atoms with Gasteiger partial charge in [-0.1, -0.05) is 28.1 Å². The van der Waals surface area contributed by atoms with Crippen molar-refractivity contribution in [2.45, 2.75) is 32.2 Å². The summed E-state index contributed by atoms with van der Waals surface area (Å²) in [5, 5.41) is 0. The molecule has 82 valence electrons. The summed E-state index contributed by atoms with van der Waals surface area (Å²) in [6.45, 7) is 1.47. The van der Waals surface area contributed by atoms with Crippen molar-refractivity contribution >= 4 is 15.9 Å². The molecule has 2 rings (SSSR count). The van der Waals surface area contributed by atoms with Gasteiger partial charge in [-0.3, -0.25) is 0 Å². The molecule has 0 N–H and O–H groups in total. The van der Waals surface area contributed by atoms with Gasteiger partial charge in [-0.25, -0.2) is 0 Å². The molecule has 2 nitrogen and oxygen atoms in total. The lowest BCUT2D eigenvalue weighted by atomic mass is 10.2. The maximum Gasteiger partial charge on any atom is 0.158 e. The van der Waals surface area contributed by atoms with Crippen LogP contribution >= 0.6 is 15.9 Å². The van der Waals surface area contributed by atoms with Crippen LogP contribution in [-0.2, 0) is 16.1 Å². The highest BCUT2D eigenvalue weighted by molar-refractivity contribution is 9.10. The van der Waals surface area contributed by atoms with Crippen molar-refractivity contribution in [1.82, 2.24) is 0 Å². The zero-order valence-corrected chi connectivity index (χ0v) is 10.2. The summed E-state index contributed by atoms with van der Waals surface area (Å²) in [4.78, 5) is 0. The van der Waals surface area contributed by atoms with E-state index in [2.05, 4.69) is 28.1 Å². The van der Waals surface area contributed by atoms with Gasteiger partial charge >= 0.3 is 0 Å². The lowest BCUT2D eigenvalue weighted by molar-refractivity contribution is -0.168. The summed E-state index contributed by atoms with van der Waals surface area (Å²) >= 11 is 3.44. The van der Waals surface area contributed by atoms with E-state index < -0.39 is 0 Å². The standard InChI is InChI=1S/C12H15BrO2/c13-11-5-3-4-10(8-11)9-15-12-6-1-2-7-14-12/h3-5,8,12H,1-2,6-7,9H2. The zero-order valence-electron chi connectivity index (χ0n) is 8.62. The summed E-state index contributed by atoms with van der Waals surface area (Å²) in [5.74, 6) is 0. The average molecular weight is 271 g/mol. The number of hydrogen-bond donors (Lipinski definition) is 0. The Kier molecular flexibility index (Phi) is 4.18. The van der Waals surface area contributed by atoms with Crippen molar-refractivity contribution in [3.8, 4) is 0 Å². The highest BCUT2D eigenvalue weighted by Gasteiger charge is 2.13. The molecule has 0 bridgehead atoms. The van der Waals surface area contributed by atoms with Crippen molar-refractivity contribution in [1.29, 1.82) is 0 Å². The van der Waals surface area contributed by atoms with Crippen molar-refractivity contribution in [2.24, 2.45) is 0 Å². The van der Waals surface area contributed by atoms with Crippen molar-refractivity contribution in [3.63, 3.8) is 0 Å². The smallest absolute Gasteiger partial charge is 0.158 e. The molecule has 1 aliphatic rings. The largest absolute Gasteiger partial charge is 0.353 e. The van der Waals surface area contributed by atoms with E-state index in [1.54, 1.807) is 0 Å². The van der Waals surface area contributed by atoms with Gasteiger partial charge in [0.2, 0.25) is 0 Å². The third-order valence-electron chi connectivity index (χ3n) is 2.46. The van der Waals surface area contributed by atoms with Gasteiger partial charge in [0.05, 0.1) is 6.61 Å². The maximum absolute atomic E-state index is 5.68. The second-order valence-electron chi connectivity index (χ2n) is 3.74. The number of hydrogen-bond acceptors (Lipinski definition) is 2. The fraction of sp³-hybridized carbons (Fsp3) is 0.500. The average Bonchev–Trinajstić information content (AvgIpc) is 2.28. The van der Waals surface area contributed by atoms with Crippen LogP contribution < -0.4 is 0 Å². The molecular weight excluding hydrogens is 256 g/mol. The maximum atomic E-state index is 5.68. The minimum Gasteiger partial charge on any atom is -0.353 e. The highest BCUT2D eigenvalue weighted by Crippen LogP contribution is 2.17. The first kappa shape index (κ1) is 11.1. The molecule has 0 amide bonds. The first-order valence-corrected chi connectivity index (χ1v) is 6.11. The van der Waals surface area contributed by atoms with E-state index in [1.165, 1.54) is 12.0 Å². The van der Waals surface area contributed by atoms with Crippen LogP contribution in [-0.4, -0.2) is 12.9 Å². The number of ether oxygens (including phenoxy) is 2. The van der Waals surface area contributed by atoms with E-state index in [1.807, 2.05) is 12.1 Å². The van der Waals surface area contributed by atoms with Gasteiger partial charge in [-0.15, -0.1) is 0 Å². The van der Waals surface area contributed by atoms with Gasteiger partial charge in [-0.05, 0) is 37.0 Å². The first-order valence-electron chi connectivity index (χ1n) is 5.32. The van der Waals surface area contributed by atoms with Crippen molar-refractivity contribution in [2.75, 3.05) is 6.61 Å². The third-order valence-corrected chi connectivity index (χ3v) is 2.96. The van der Waals surface area contributed by atoms with Gasteiger partial charge in [0, 0.05) is 11.1 Å². The molecule has 0 spiro atoms. The third kappa shape index (κ3) is 3.59. The Bertz CT molecular complexity index is 308. The Morgan fingerprint density at radius 3 is 3.07 bits per heavy atom. The first-order chi connectivity index (χ1) is 7.34. The van der Waals surface area contributed by atoms with E-state index in [9.17, 15) is 0 Å². The van der Waals surface area contributed by atoms with E-state index >= 15 is 0 Å². The molecule has 0 aliphatic carbocycles. The molecule has 0 aromatic heterocycles. The Labute approximate surface area is 98.7 Å². The summed E-state index contributed by atoms with van der Waals surface area (Å²) in [6, 6.07) is 8.17. The van der Waals surface area contributed by atoms with E-state index in [4.69, 9.17) is 9.47 Å². The molecule has 1 aromatic rings. The van der Waals surface area contributed by atoms with E-state index in [0.29, 0.717) is 6.61 Å². The molecule has 1 heterocycles. The topological polar surface area (TPSA) is 18.5 Å². The van der Waals surface area contributed by atoms with Crippen LogP contribution in [0, 0.1) is 0 Å². The molecule has 0 saturated carbocycles. The number of benzene rings is 1. The predicted molar refractivity (Wildman–Crippen MR) is 62.5 cm³/mol. The van der Waals surface area contributed by atoms with Crippen LogP contribution in [0.1, 0.15) is 24.8 Å². The lowest BCUT2D eigenvalue weighted by Crippen LogP contribution is -2.21. The molecule has 3 heteroatoms. The van der Waals surface area contributed by atoms with Gasteiger partial charge in [0.15, 0.2) is 6.29 Å². The fourth-order valence-corrected chi connectivity index (χ4v) is 2.11. The van der Waals surface area contributed by atoms with Crippen LogP contribution in [0.4, 0.5) is 0 Å². The summed E-state index contributed by atoms with van der Waals surface area (Å²) < 4.78 is 12.3.